The van der Waals surface area contributed by atoms with Crippen LogP contribution < -0.4 is 5.73 Å². The zero-order chi connectivity index (χ0) is 28.6. The SMILES string of the molecule is Nc1ncnn2c(-c3cccc(C(=O)N4CCN(C(=O)C5CCCO5)CC4)c3)cc(-c3ccnn3C3CCCCC3)c12. The van der Waals surface area contributed by atoms with Gasteiger partial charge in [-0.1, -0.05) is 31.4 Å². The summed E-state index contributed by atoms with van der Waals surface area (Å²) in [7, 11) is 0. The van der Waals surface area contributed by atoms with Crippen LogP contribution in [0.2, 0.25) is 0 Å². The molecule has 1 unspecified atom stereocenters. The van der Waals surface area contributed by atoms with E-state index in [-0.39, 0.29) is 17.9 Å². The van der Waals surface area contributed by atoms with Crippen molar-refractivity contribution in [2.75, 3.05) is 38.5 Å². The molecule has 7 rings (SSSR count). The third-order valence-electron chi connectivity index (χ3n) is 8.94. The number of fused-ring (bicyclic) bond motifs is 1. The molecule has 1 aliphatic carbocycles. The van der Waals surface area contributed by atoms with E-state index in [0.29, 0.717) is 50.2 Å². The Bertz CT molecular complexity index is 1610. The maximum Gasteiger partial charge on any atom is 0.253 e. The number of rotatable bonds is 5. The molecular weight excluding hydrogens is 532 g/mol. The zero-order valence-corrected chi connectivity index (χ0v) is 23.7. The maximum atomic E-state index is 13.6. The van der Waals surface area contributed by atoms with Gasteiger partial charge in [0, 0.05) is 55.7 Å². The lowest BCUT2D eigenvalue weighted by Gasteiger charge is -2.35. The minimum atomic E-state index is -0.329. The van der Waals surface area contributed by atoms with E-state index < -0.39 is 0 Å². The van der Waals surface area contributed by atoms with E-state index in [2.05, 4.69) is 20.8 Å². The fourth-order valence-electron chi connectivity index (χ4n) is 6.71. The summed E-state index contributed by atoms with van der Waals surface area (Å²) in [5.41, 5.74) is 11.4. The molecule has 0 bridgehead atoms. The van der Waals surface area contributed by atoms with Crippen LogP contribution in [-0.4, -0.2) is 84.9 Å². The summed E-state index contributed by atoms with van der Waals surface area (Å²) in [4.78, 5) is 34.3. The van der Waals surface area contributed by atoms with Gasteiger partial charge in [-0.2, -0.15) is 10.2 Å². The molecule has 0 spiro atoms. The van der Waals surface area contributed by atoms with Crippen molar-refractivity contribution in [2.24, 2.45) is 0 Å². The molecule has 11 heteroatoms. The van der Waals surface area contributed by atoms with E-state index in [1.807, 2.05) is 50.8 Å². The molecule has 11 nitrogen and oxygen atoms in total. The molecule has 2 saturated heterocycles. The number of benzene rings is 1. The fourth-order valence-corrected chi connectivity index (χ4v) is 6.71. The number of piperazine rings is 1. The number of amides is 2. The number of aromatic nitrogens is 5. The Kier molecular flexibility index (Phi) is 7.10. The average Bonchev–Trinajstić information content (AvgIpc) is 3.82. The Morgan fingerprint density at radius 2 is 1.69 bits per heavy atom. The van der Waals surface area contributed by atoms with Gasteiger partial charge in [0.1, 0.15) is 17.9 Å². The van der Waals surface area contributed by atoms with Gasteiger partial charge in [0.15, 0.2) is 5.82 Å². The summed E-state index contributed by atoms with van der Waals surface area (Å²) in [6.45, 7) is 2.67. The number of nitrogen functional groups attached to an aromatic ring is 1. The first kappa shape index (κ1) is 26.6. The largest absolute Gasteiger partial charge is 0.382 e. The fraction of sp³-hybridized carbons (Fsp3) is 0.452. The summed E-state index contributed by atoms with van der Waals surface area (Å²) in [6, 6.07) is 12.1. The highest BCUT2D eigenvalue weighted by atomic mass is 16.5. The Morgan fingerprint density at radius 1 is 0.881 bits per heavy atom. The van der Waals surface area contributed by atoms with Gasteiger partial charge in [-0.3, -0.25) is 14.3 Å². The first-order valence-electron chi connectivity index (χ1n) is 15.0. The number of carbonyl (C=O) groups excluding carboxylic acids is 2. The molecule has 2 amide bonds. The molecule has 3 aromatic heterocycles. The van der Waals surface area contributed by atoms with Crippen LogP contribution in [0.3, 0.4) is 0 Å². The molecular formula is C31H36N8O3. The summed E-state index contributed by atoms with van der Waals surface area (Å²) in [6.07, 6.45) is 10.6. The van der Waals surface area contributed by atoms with Gasteiger partial charge in [-0.25, -0.2) is 9.50 Å². The van der Waals surface area contributed by atoms with E-state index in [1.165, 1.54) is 25.6 Å². The van der Waals surface area contributed by atoms with Crippen LogP contribution in [0.1, 0.15) is 61.3 Å². The number of nitrogens with two attached hydrogens (primary N) is 1. The Hall–Kier alpha value is -4.25. The Balaban J connectivity index is 1.16. The number of anilines is 1. The van der Waals surface area contributed by atoms with E-state index in [9.17, 15) is 9.59 Å². The molecule has 2 aliphatic heterocycles. The molecule has 2 N–H and O–H groups in total. The van der Waals surface area contributed by atoms with Crippen LogP contribution in [0, 0.1) is 0 Å². The predicted octanol–water partition coefficient (Wildman–Crippen LogP) is 3.81. The smallest absolute Gasteiger partial charge is 0.253 e. The van der Waals surface area contributed by atoms with Crippen molar-refractivity contribution in [1.82, 2.24) is 34.2 Å². The van der Waals surface area contributed by atoms with E-state index in [1.54, 1.807) is 0 Å². The Morgan fingerprint density at radius 3 is 2.48 bits per heavy atom. The lowest BCUT2D eigenvalue weighted by Crippen LogP contribution is -2.52. The number of nitrogens with zero attached hydrogens (tertiary/aromatic N) is 7. The first-order chi connectivity index (χ1) is 20.6. The summed E-state index contributed by atoms with van der Waals surface area (Å²) in [5, 5.41) is 9.27. The number of hydrogen-bond acceptors (Lipinski definition) is 7. The monoisotopic (exact) mass is 568 g/mol. The molecule has 218 valence electrons. The molecule has 1 aromatic carbocycles. The standard InChI is InChI=1S/C31H36N8O3/c32-29-28-24(25-11-12-34-38(25)23-8-2-1-3-9-23)19-26(39(28)35-20-33-29)21-6-4-7-22(18-21)30(40)36-13-15-37(16-14-36)31(41)27-10-5-17-42-27/h4,6-7,11-12,18-20,23,27H,1-3,5,8-10,13-17H2,(H2,32,33,35). The summed E-state index contributed by atoms with van der Waals surface area (Å²) in [5.74, 6) is 0.389. The van der Waals surface area contributed by atoms with Gasteiger partial charge in [0.2, 0.25) is 0 Å². The van der Waals surface area contributed by atoms with Crippen LogP contribution in [0.25, 0.3) is 28.0 Å². The summed E-state index contributed by atoms with van der Waals surface area (Å²) >= 11 is 0. The number of ether oxygens (including phenoxy) is 1. The third kappa shape index (κ3) is 4.81. The summed E-state index contributed by atoms with van der Waals surface area (Å²) < 4.78 is 9.52. The topological polar surface area (TPSA) is 124 Å². The molecule has 5 heterocycles. The van der Waals surface area contributed by atoms with Gasteiger partial charge < -0.3 is 20.3 Å². The van der Waals surface area contributed by atoms with Crippen molar-refractivity contribution in [1.29, 1.82) is 0 Å². The molecule has 3 aliphatic rings. The van der Waals surface area contributed by atoms with Gasteiger partial charge in [0.05, 0.1) is 17.4 Å². The lowest BCUT2D eigenvalue weighted by molar-refractivity contribution is -0.142. The highest BCUT2D eigenvalue weighted by molar-refractivity contribution is 5.96. The van der Waals surface area contributed by atoms with Crippen LogP contribution in [0.4, 0.5) is 5.82 Å². The van der Waals surface area contributed by atoms with Crippen molar-refractivity contribution in [3.8, 4) is 22.5 Å². The second-order valence-electron chi connectivity index (χ2n) is 11.5. The van der Waals surface area contributed by atoms with Crippen molar-refractivity contribution in [2.45, 2.75) is 57.1 Å². The Labute approximate surface area is 244 Å². The highest BCUT2D eigenvalue weighted by Gasteiger charge is 2.32. The quantitative estimate of drug-likeness (QED) is 0.388. The minimum absolute atomic E-state index is 0.0450. The molecule has 1 saturated carbocycles. The molecule has 1 atom stereocenters. The van der Waals surface area contributed by atoms with Gasteiger partial charge in [-0.15, -0.1) is 0 Å². The van der Waals surface area contributed by atoms with E-state index in [4.69, 9.17) is 15.6 Å². The van der Waals surface area contributed by atoms with Crippen molar-refractivity contribution < 1.29 is 14.3 Å². The predicted molar refractivity (Wildman–Crippen MR) is 158 cm³/mol. The molecule has 3 fully saturated rings. The van der Waals surface area contributed by atoms with Gasteiger partial charge >= 0.3 is 0 Å². The lowest BCUT2D eigenvalue weighted by atomic mass is 9.95. The minimum Gasteiger partial charge on any atom is -0.382 e. The first-order valence-corrected chi connectivity index (χ1v) is 15.0. The number of carbonyl (C=O) groups is 2. The van der Waals surface area contributed by atoms with E-state index >= 15 is 0 Å². The van der Waals surface area contributed by atoms with Crippen molar-refractivity contribution >= 4 is 23.1 Å². The van der Waals surface area contributed by atoms with Gasteiger partial charge in [0.25, 0.3) is 11.8 Å². The second kappa shape index (κ2) is 11.2. The average molecular weight is 569 g/mol. The third-order valence-corrected chi connectivity index (χ3v) is 8.94. The maximum absolute atomic E-state index is 13.6. The number of hydrogen-bond donors (Lipinski definition) is 1. The zero-order valence-electron chi connectivity index (χ0n) is 23.7. The van der Waals surface area contributed by atoms with Crippen LogP contribution in [0.5, 0.6) is 0 Å². The normalized spacial score (nSPS) is 20.0. The van der Waals surface area contributed by atoms with E-state index in [0.717, 1.165) is 53.7 Å². The molecule has 0 radical (unpaired) electrons. The molecule has 4 aromatic rings. The van der Waals surface area contributed by atoms with Crippen LogP contribution in [0.15, 0.2) is 48.9 Å². The van der Waals surface area contributed by atoms with Crippen molar-refractivity contribution in [3.05, 3.63) is 54.5 Å². The van der Waals surface area contributed by atoms with Gasteiger partial charge in [-0.05, 0) is 49.9 Å². The molecule has 42 heavy (non-hydrogen) atoms. The van der Waals surface area contributed by atoms with Crippen LogP contribution >= 0.6 is 0 Å². The van der Waals surface area contributed by atoms with Crippen molar-refractivity contribution in [3.63, 3.8) is 0 Å². The second-order valence-corrected chi connectivity index (χ2v) is 11.5. The van der Waals surface area contributed by atoms with Crippen LogP contribution in [-0.2, 0) is 9.53 Å². The highest BCUT2D eigenvalue weighted by Crippen LogP contribution is 2.38.